The fourth-order valence-electron chi connectivity index (χ4n) is 3.23. The minimum Gasteiger partial charge on any atom is -0.396 e. The number of amides is 2. The lowest BCUT2D eigenvalue weighted by Crippen LogP contribution is -2.29. The van der Waals surface area contributed by atoms with E-state index in [1.54, 1.807) is 11.3 Å². The molecule has 1 aromatic heterocycles. The van der Waals surface area contributed by atoms with Gasteiger partial charge in [-0.15, -0.1) is 0 Å². The van der Waals surface area contributed by atoms with Crippen LogP contribution in [0.3, 0.4) is 0 Å². The van der Waals surface area contributed by atoms with Gasteiger partial charge in [-0.1, -0.05) is 0 Å². The lowest BCUT2D eigenvalue weighted by Gasteiger charge is -2.16. The quantitative estimate of drug-likeness (QED) is 0.603. The second-order valence-corrected chi connectivity index (χ2v) is 9.12. The second kappa shape index (κ2) is 8.95. The molecule has 2 N–H and O–H groups in total. The van der Waals surface area contributed by atoms with E-state index in [9.17, 15) is 23.1 Å². The van der Waals surface area contributed by atoms with Crippen molar-refractivity contribution >= 4 is 38.9 Å². The minimum atomic E-state index is -3.71. The molecule has 9 heteroatoms. The number of hydrogen-bond acceptors (Lipinski definition) is 6. The Hall–Kier alpha value is -2.07. The first-order valence-corrected chi connectivity index (χ1v) is 11.4. The lowest BCUT2D eigenvalue weighted by atomic mass is 9.95. The Morgan fingerprint density at radius 1 is 1.07 bits per heavy atom. The number of thiophene rings is 1. The normalized spacial score (nSPS) is 16.0. The number of nitrogens with one attached hydrogen (secondary N) is 1. The van der Waals surface area contributed by atoms with Crippen molar-refractivity contribution < 1.29 is 23.1 Å². The molecule has 28 heavy (non-hydrogen) atoms. The number of carbonyl (C=O) groups excluding carboxylic acids is 2. The van der Waals surface area contributed by atoms with Crippen LogP contribution in [0.15, 0.2) is 46.0 Å². The molecule has 0 saturated carbocycles. The molecule has 0 bridgehead atoms. The Labute approximate surface area is 168 Å². The summed E-state index contributed by atoms with van der Waals surface area (Å²) < 4.78 is 27.6. The number of rotatable bonds is 9. The molecule has 1 fully saturated rings. The smallest absolute Gasteiger partial charge is 0.240 e. The average molecular weight is 423 g/mol. The standard InChI is InChI=1S/C19H22N2O5S2/c22-11-8-14(15-9-12-27-13-15)7-10-20-28(25,26)17-3-1-16(2-4-17)21-18(23)5-6-19(21)24/h1-4,9,12-14,20,22H,5-8,10-11H2. The predicted octanol–water partition coefficient (Wildman–Crippen LogP) is 2.24. The van der Waals surface area contributed by atoms with E-state index in [4.69, 9.17) is 0 Å². The number of hydrogen-bond donors (Lipinski definition) is 2. The summed E-state index contributed by atoms with van der Waals surface area (Å²) in [5, 5.41) is 13.2. The summed E-state index contributed by atoms with van der Waals surface area (Å²) in [6, 6.07) is 7.70. The van der Waals surface area contributed by atoms with Crippen LogP contribution in [-0.4, -0.2) is 38.5 Å². The van der Waals surface area contributed by atoms with E-state index in [0.29, 0.717) is 18.5 Å². The van der Waals surface area contributed by atoms with Gasteiger partial charge in [0.15, 0.2) is 0 Å². The molecule has 150 valence electrons. The Bertz CT molecular complexity index is 908. The van der Waals surface area contributed by atoms with Gasteiger partial charge in [-0.3, -0.25) is 14.5 Å². The highest BCUT2D eigenvalue weighted by molar-refractivity contribution is 7.89. The van der Waals surface area contributed by atoms with Crippen molar-refractivity contribution in [1.82, 2.24) is 4.72 Å². The van der Waals surface area contributed by atoms with Crippen LogP contribution >= 0.6 is 11.3 Å². The summed E-state index contributed by atoms with van der Waals surface area (Å²) in [7, 11) is -3.71. The molecule has 1 unspecified atom stereocenters. The van der Waals surface area contributed by atoms with Gasteiger partial charge in [0.05, 0.1) is 10.6 Å². The van der Waals surface area contributed by atoms with E-state index in [1.807, 2.05) is 16.8 Å². The first kappa shape index (κ1) is 20.7. The van der Waals surface area contributed by atoms with Crippen molar-refractivity contribution in [1.29, 1.82) is 0 Å². The largest absolute Gasteiger partial charge is 0.396 e. The van der Waals surface area contributed by atoms with Gasteiger partial charge < -0.3 is 5.11 Å². The Morgan fingerprint density at radius 3 is 2.32 bits per heavy atom. The van der Waals surface area contributed by atoms with E-state index in [1.165, 1.54) is 24.3 Å². The summed E-state index contributed by atoms with van der Waals surface area (Å²) in [6.07, 6.45) is 1.51. The molecular weight excluding hydrogens is 400 g/mol. The van der Waals surface area contributed by atoms with Crippen LogP contribution in [0.1, 0.15) is 37.2 Å². The molecule has 2 aromatic rings. The fourth-order valence-corrected chi connectivity index (χ4v) is 5.02. The van der Waals surface area contributed by atoms with Crippen molar-refractivity contribution in [2.45, 2.75) is 36.5 Å². The number of benzene rings is 1. The SMILES string of the molecule is O=C1CCC(=O)N1c1ccc(S(=O)(=O)NCCC(CCO)c2ccsc2)cc1. The van der Waals surface area contributed by atoms with E-state index in [0.717, 1.165) is 10.5 Å². The monoisotopic (exact) mass is 422 g/mol. The van der Waals surface area contributed by atoms with Crippen molar-refractivity contribution in [3.8, 4) is 0 Å². The maximum absolute atomic E-state index is 12.5. The molecular formula is C19H22N2O5S2. The topological polar surface area (TPSA) is 104 Å². The zero-order valence-corrected chi connectivity index (χ0v) is 16.8. The maximum atomic E-state index is 12.5. The van der Waals surface area contributed by atoms with Crippen molar-refractivity contribution in [3.05, 3.63) is 46.7 Å². The third-order valence-corrected chi connectivity index (χ3v) is 6.91. The first-order chi connectivity index (χ1) is 13.4. The van der Waals surface area contributed by atoms with Crippen LogP contribution in [0.4, 0.5) is 5.69 Å². The Balaban J connectivity index is 1.62. The number of aliphatic hydroxyl groups excluding tert-OH is 1. The summed E-state index contributed by atoms with van der Waals surface area (Å²) in [4.78, 5) is 24.7. The van der Waals surface area contributed by atoms with Gasteiger partial charge >= 0.3 is 0 Å². The third kappa shape index (κ3) is 4.67. The van der Waals surface area contributed by atoms with Gasteiger partial charge in [0.1, 0.15) is 0 Å². The molecule has 1 saturated heterocycles. The number of nitrogens with zero attached hydrogens (tertiary/aromatic N) is 1. The van der Waals surface area contributed by atoms with Crippen LogP contribution in [0.25, 0.3) is 0 Å². The number of aliphatic hydroxyl groups is 1. The van der Waals surface area contributed by atoms with Gasteiger partial charge in [-0.2, -0.15) is 11.3 Å². The molecule has 0 spiro atoms. The van der Waals surface area contributed by atoms with Crippen LogP contribution in [-0.2, 0) is 19.6 Å². The van der Waals surface area contributed by atoms with Crippen LogP contribution in [0.2, 0.25) is 0 Å². The summed E-state index contributed by atoms with van der Waals surface area (Å²) in [6.45, 7) is 0.288. The highest BCUT2D eigenvalue weighted by atomic mass is 32.2. The zero-order valence-electron chi connectivity index (χ0n) is 15.2. The Morgan fingerprint density at radius 2 is 1.75 bits per heavy atom. The fraction of sp³-hybridized carbons (Fsp3) is 0.368. The van der Waals surface area contributed by atoms with Crippen molar-refractivity contribution in [3.63, 3.8) is 0 Å². The lowest BCUT2D eigenvalue weighted by molar-refractivity contribution is -0.121. The molecule has 0 radical (unpaired) electrons. The Kier molecular flexibility index (Phi) is 6.61. The van der Waals surface area contributed by atoms with Crippen LogP contribution in [0, 0.1) is 0 Å². The van der Waals surface area contributed by atoms with Crippen LogP contribution in [0.5, 0.6) is 0 Å². The van der Waals surface area contributed by atoms with Gasteiger partial charge in [-0.05, 0) is 65.4 Å². The summed E-state index contributed by atoms with van der Waals surface area (Å²) in [5.74, 6) is -0.460. The molecule has 2 heterocycles. The number of carbonyl (C=O) groups is 2. The molecule has 1 atom stereocenters. The van der Waals surface area contributed by atoms with Crippen LogP contribution < -0.4 is 9.62 Å². The minimum absolute atomic E-state index is 0.0443. The first-order valence-electron chi connectivity index (χ1n) is 9.01. The molecule has 1 aliphatic heterocycles. The third-order valence-electron chi connectivity index (χ3n) is 4.73. The van der Waals surface area contributed by atoms with E-state index in [-0.39, 0.29) is 48.6 Å². The molecule has 1 aromatic carbocycles. The van der Waals surface area contributed by atoms with Crippen molar-refractivity contribution in [2.24, 2.45) is 0 Å². The van der Waals surface area contributed by atoms with Gasteiger partial charge in [0.2, 0.25) is 21.8 Å². The highest BCUT2D eigenvalue weighted by Gasteiger charge is 2.30. The molecule has 3 rings (SSSR count). The zero-order chi connectivity index (χ0) is 20.1. The maximum Gasteiger partial charge on any atom is 0.240 e. The van der Waals surface area contributed by atoms with Crippen molar-refractivity contribution in [2.75, 3.05) is 18.1 Å². The van der Waals surface area contributed by atoms with Gasteiger partial charge in [0.25, 0.3) is 0 Å². The highest BCUT2D eigenvalue weighted by Crippen LogP contribution is 2.26. The van der Waals surface area contributed by atoms with E-state index in [2.05, 4.69) is 4.72 Å². The van der Waals surface area contributed by atoms with E-state index >= 15 is 0 Å². The van der Waals surface area contributed by atoms with Gasteiger partial charge in [0, 0.05) is 26.0 Å². The molecule has 0 aliphatic carbocycles. The number of anilines is 1. The predicted molar refractivity (Wildman–Crippen MR) is 107 cm³/mol. The van der Waals surface area contributed by atoms with E-state index < -0.39 is 10.0 Å². The molecule has 7 nitrogen and oxygen atoms in total. The molecule has 2 amide bonds. The van der Waals surface area contributed by atoms with Gasteiger partial charge in [-0.25, -0.2) is 13.1 Å². The summed E-state index contributed by atoms with van der Waals surface area (Å²) >= 11 is 1.57. The average Bonchev–Trinajstić information content (AvgIpc) is 3.31. The number of sulfonamides is 1. The summed E-state index contributed by atoms with van der Waals surface area (Å²) in [5.41, 5.74) is 1.48. The second-order valence-electron chi connectivity index (χ2n) is 6.57. The number of imide groups is 1. The molecule has 1 aliphatic rings.